The quantitative estimate of drug-likeness (QED) is 0.842. The minimum Gasteiger partial charge on any atom is -0.459 e. The molecule has 6 heteroatoms. The Bertz CT molecular complexity index is 576. The number of furan rings is 1. The van der Waals surface area contributed by atoms with Gasteiger partial charge >= 0.3 is 11.8 Å². The van der Waals surface area contributed by atoms with Gasteiger partial charge in [0.15, 0.2) is 5.76 Å². The van der Waals surface area contributed by atoms with Crippen molar-refractivity contribution in [3.05, 3.63) is 24.3 Å². The standard InChI is InChI=1S/C14H17N3O3/c1-10-4-2-7-17(8-6-10)14(18)13-16-15-12(20-13)11-5-3-9-19-11/h3,5,9-10H,2,4,6-8H2,1H3. The second-order valence-corrected chi connectivity index (χ2v) is 5.22. The zero-order valence-electron chi connectivity index (χ0n) is 11.4. The van der Waals surface area contributed by atoms with Gasteiger partial charge in [0.25, 0.3) is 5.89 Å². The second kappa shape index (κ2) is 5.48. The molecule has 1 saturated heterocycles. The number of carbonyl (C=O) groups excluding carboxylic acids is 1. The van der Waals surface area contributed by atoms with E-state index in [0.29, 0.717) is 11.7 Å². The van der Waals surface area contributed by atoms with E-state index < -0.39 is 0 Å². The van der Waals surface area contributed by atoms with Gasteiger partial charge in [-0.05, 0) is 37.3 Å². The van der Waals surface area contributed by atoms with E-state index in [1.54, 1.807) is 17.0 Å². The molecule has 2 aromatic heterocycles. The van der Waals surface area contributed by atoms with E-state index in [0.717, 1.165) is 32.4 Å². The monoisotopic (exact) mass is 275 g/mol. The number of aromatic nitrogens is 2. The second-order valence-electron chi connectivity index (χ2n) is 5.22. The normalized spacial score (nSPS) is 19.9. The maximum Gasteiger partial charge on any atom is 0.311 e. The Morgan fingerprint density at radius 2 is 2.25 bits per heavy atom. The van der Waals surface area contributed by atoms with Gasteiger partial charge in [-0.1, -0.05) is 6.92 Å². The molecule has 0 spiro atoms. The highest BCUT2D eigenvalue weighted by atomic mass is 16.4. The Kier molecular flexibility index (Phi) is 3.54. The van der Waals surface area contributed by atoms with Gasteiger partial charge in [0, 0.05) is 13.1 Å². The van der Waals surface area contributed by atoms with Gasteiger partial charge in [0.2, 0.25) is 0 Å². The van der Waals surface area contributed by atoms with Crippen LogP contribution in [-0.2, 0) is 0 Å². The fourth-order valence-corrected chi connectivity index (χ4v) is 2.41. The molecule has 1 fully saturated rings. The Hall–Kier alpha value is -2.11. The Morgan fingerprint density at radius 1 is 1.35 bits per heavy atom. The summed E-state index contributed by atoms with van der Waals surface area (Å²) >= 11 is 0. The molecule has 0 aromatic carbocycles. The SMILES string of the molecule is CC1CCCN(C(=O)c2nnc(-c3ccco3)o2)CC1. The zero-order valence-corrected chi connectivity index (χ0v) is 11.4. The predicted octanol–water partition coefficient (Wildman–Crippen LogP) is 2.59. The third-order valence-electron chi connectivity index (χ3n) is 3.64. The van der Waals surface area contributed by atoms with E-state index in [9.17, 15) is 4.79 Å². The lowest BCUT2D eigenvalue weighted by atomic mass is 10.0. The van der Waals surface area contributed by atoms with Crippen molar-refractivity contribution >= 4 is 5.91 Å². The minimum atomic E-state index is -0.190. The summed E-state index contributed by atoms with van der Waals surface area (Å²) in [6, 6.07) is 3.45. The molecule has 106 valence electrons. The van der Waals surface area contributed by atoms with Crippen LogP contribution in [0.2, 0.25) is 0 Å². The van der Waals surface area contributed by atoms with Crippen molar-refractivity contribution in [2.45, 2.75) is 26.2 Å². The smallest absolute Gasteiger partial charge is 0.311 e. The number of rotatable bonds is 2. The van der Waals surface area contributed by atoms with Crippen molar-refractivity contribution < 1.29 is 13.6 Å². The molecule has 0 bridgehead atoms. The Balaban J connectivity index is 1.74. The first-order valence-electron chi connectivity index (χ1n) is 6.90. The van der Waals surface area contributed by atoms with Crippen LogP contribution in [0.1, 0.15) is 36.9 Å². The van der Waals surface area contributed by atoms with Crippen LogP contribution >= 0.6 is 0 Å². The van der Waals surface area contributed by atoms with Crippen molar-refractivity contribution in [2.24, 2.45) is 5.92 Å². The molecule has 1 unspecified atom stereocenters. The lowest BCUT2D eigenvalue weighted by molar-refractivity contribution is 0.0721. The molecule has 2 aromatic rings. The molecule has 0 N–H and O–H groups in total. The van der Waals surface area contributed by atoms with Gasteiger partial charge in [0.05, 0.1) is 6.26 Å². The summed E-state index contributed by atoms with van der Waals surface area (Å²) in [6.07, 6.45) is 4.72. The van der Waals surface area contributed by atoms with Crippen molar-refractivity contribution in [3.63, 3.8) is 0 Å². The van der Waals surface area contributed by atoms with Crippen molar-refractivity contribution in [3.8, 4) is 11.7 Å². The summed E-state index contributed by atoms with van der Waals surface area (Å²) in [6.45, 7) is 3.72. The summed E-state index contributed by atoms with van der Waals surface area (Å²) < 4.78 is 10.6. The number of carbonyl (C=O) groups is 1. The summed E-state index contributed by atoms with van der Waals surface area (Å²) in [5, 5.41) is 7.68. The fraction of sp³-hybridized carbons (Fsp3) is 0.500. The van der Waals surface area contributed by atoms with Crippen molar-refractivity contribution in [1.29, 1.82) is 0 Å². The third-order valence-corrected chi connectivity index (χ3v) is 3.64. The van der Waals surface area contributed by atoms with Crippen LogP contribution < -0.4 is 0 Å². The molecule has 6 nitrogen and oxygen atoms in total. The summed E-state index contributed by atoms with van der Waals surface area (Å²) in [4.78, 5) is 14.1. The van der Waals surface area contributed by atoms with Crippen molar-refractivity contribution in [2.75, 3.05) is 13.1 Å². The molecule has 0 saturated carbocycles. The summed E-state index contributed by atoms with van der Waals surface area (Å²) in [5.41, 5.74) is 0. The molecule has 3 heterocycles. The van der Waals surface area contributed by atoms with Gasteiger partial charge in [0.1, 0.15) is 0 Å². The van der Waals surface area contributed by atoms with Crippen LogP contribution in [0.3, 0.4) is 0 Å². The minimum absolute atomic E-state index is 0.0333. The molecule has 0 aliphatic carbocycles. The molecular formula is C14H17N3O3. The maximum absolute atomic E-state index is 12.3. The van der Waals surface area contributed by atoms with E-state index in [4.69, 9.17) is 8.83 Å². The topological polar surface area (TPSA) is 72.4 Å². The van der Waals surface area contributed by atoms with Gasteiger partial charge in [-0.25, -0.2) is 0 Å². The highest BCUT2D eigenvalue weighted by molar-refractivity contribution is 5.89. The van der Waals surface area contributed by atoms with E-state index in [-0.39, 0.29) is 17.7 Å². The Morgan fingerprint density at radius 3 is 3.05 bits per heavy atom. The van der Waals surface area contributed by atoms with E-state index in [2.05, 4.69) is 17.1 Å². The molecule has 1 aliphatic rings. The molecule has 1 atom stereocenters. The summed E-state index contributed by atoms with van der Waals surface area (Å²) in [5.74, 6) is 1.21. The lowest BCUT2D eigenvalue weighted by Gasteiger charge is -2.17. The number of hydrogen-bond acceptors (Lipinski definition) is 5. The van der Waals surface area contributed by atoms with Crippen LogP contribution in [0.15, 0.2) is 27.2 Å². The largest absolute Gasteiger partial charge is 0.459 e. The predicted molar refractivity (Wildman–Crippen MR) is 70.9 cm³/mol. The van der Waals surface area contributed by atoms with Gasteiger partial charge < -0.3 is 13.7 Å². The first-order valence-corrected chi connectivity index (χ1v) is 6.90. The number of hydrogen-bond donors (Lipinski definition) is 0. The van der Waals surface area contributed by atoms with Crippen LogP contribution in [0.25, 0.3) is 11.7 Å². The summed E-state index contributed by atoms with van der Waals surface area (Å²) in [7, 11) is 0. The molecule has 0 radical (unpaired) electrons. The maximum atomic E-state index is 12.3. The number of amides is 1. The fourth-order valence-electron chi connectivity index (χ4n) is 2.41. The highest BCUT2D eigenvalue weighted by Crippen LogP contribution is 2.21. The van der Waals surface area contributed by atoms with Crippen LogP contribution in [-0.4, -0.2) is 34.1 Å². The molecule has 20 heavy (non-hydrogen) atoms. The van der Waals surface area contributed by atoms with Crippen LogP contribution in [0.4, 0.5) is 0 Å². The molecule has 1 amide bonds. The molecule has 3 rings (SSSR count). The first-order chi connectivity index (χ1) is 9.74. The van der Waals surface area contributed by atoms with Gasteiger partial charge in [-0.3, -0.25) is 4.79 Å². The first kappa shape index (κ1) is 12.9. The average Bonchev–Trinajstić information content (AvgIpc) is 3.08. The Labute approximate surface area is 116 Å². The highest BCUT2D eigenvalue weighted by Gasteiger charge is 2.24. The lowest BCUT2D eigenvalue weighted by Crippen LogP contribution is -2.32. The van der Waals surface area contributed by atoms with Gasteiger partial charge in [-0.15, -0.1) is 10.2 Å². The van der Waals surface area contributed by atoms with E-state index in [1.165, 1.54) is 6.26 Å². The van der Waals surface area contributed by atoms with Crippen molar-refractivity contribution in [1.82, 2.24) is 15.1 Å². The average molecular weight is 275 g/mol. The number of likely N-dealkylation sites (tertiary alicyclic amines) is 1. The van der Waals surface area contributed by atoms with Crippen LogP contribution in [0.5, 0.6) is 0 Å². The van der Waals surface area contributed by atoms with E-state index >= 15 is 0 Å². The molecular weight excluding hydrogens is 258 g/mol. The number of nitrogens with zero attached hydrogens (tertiary/aromatic N) is 3. The third kappa shape index (κ3) is 2.59. The molecule has 1 aliphatic heterocycles. The van der Waals surface area contributed by atoms with Gasteiger partial charge in [-0.2, -0.15) is 0 Å². The zero-order chi connectivity index (χ0) is 13.9. The van der Waals surface area contributed by atoms with E-state index in [1.807, 2.05) is 0 Å². The van der Waals surface area contributed by atoms with Crippen LogP contribution in [0, 0.1) is 5.92 Å².